The van der Waals surface area contributed by atoms with Crippen LogP contribution in [-0.4, -0.2) is 32.4 Å². The van der Waals surface area contributed by atoms with Crippen molar-refractivity contribution in [3.8, 4) is 11.5 Å². The van der Waals surface area contributed by atoms with Crippen molar-refractivity contribution in [2.75, 3.05) is 26.6 Å². The molecule has 6 nitrogen and oxygen atoms in total. The van der Waals surface area contributed by atoms with E-state index >= 15 is 0 Å². The number of methoxy groups -OCH3 is 3. The lowest BCUT2D eigenvalue weighted by molar-refractivity contribution is 0.0601. The quantitative estimate of drug-likeness (QED) is 0.499. The number of esters is 1. The van der Waals surface area contributed by atoms with Gasteiger partial charge in [-0.1, -0.05) is 24.6 Å². The normalized spacial score (nSPS) is 11.3. The number of carbonyl (C=O) groups is 1. The molecule has 2 N–H and O–H groups in total. The van der Waals surface area contributed by atoms with Gasteiger partial charge >= 0.3 is 5.97 Å². The molecule has 0 bridgehead atoms. The van der Waals surface area contributed by atoms with Gasteiger partial charge in [-0.25, -0.2) is 4.79 Å². The van der Waals surface area contributed by atoms with Crippen molar-refractivity contribution >= 4 is 40.6 Å². The molecule has 0 unspecified atom stereocenters. The van der Waals surface area contributed by atoms with Crippen LogP contribution < -0.4 is 20.1 Å². The van der Waals surface area contributed by atoms with Crippen molar-refractivity contribution in [3.05, 3.63) is 52.5 Å². The Kier molecular flexibility index (Phi) is 7.90. The summed E-state index contributed by atoms with van der Waals surface area (Å²) in [5.74, 6) is 0.858. The molecule has 0 heterocycles. The van der Waals surface area contributed by atoms with E-state index in [1.165, 1.54) is 7.11 Å². The lowest BCUT2D eigenvalue weighted by Crippen LogP contribution is -2.32. The second kappa shape index (κ2) is 10.1. The molecule has 0 saturated carbocycles. The summed E-state index contributed by atoms with van der Waals surface area (Å²) in [4.78, 5) is 11.7. The fraction of sp³-hybridized carbons (Fsp3) is 0.300. The van der Waals surface area contributed by atoms with Crippen LogP contribution in [0.3, 0.4) is 0 Å². The van der Waals surface area contributed by atoms with E-state index in [0.29, 0.717) is 32.9 Å². The molecule has 0 saturated heterocycles. The van der Waals surface area contributed by atoms with Gasteiger partial charge in [0.1, 0.15) is 0 Å². The van der Waals surface area contributed by atoms with Crippen LogP contribution in [0.4, 0.5) is 5.69 Å². The largest absolute Gasteiger partial charge is 0.493 e. The van der Waals surface area contributed by atoms with E-state index in [0.717, 1.165) is 12.0 Å². The van der Waals surface area contributed by atoms with E-state index in [1.807, 2.05) is 25.1 Å². The van der Waals surface area contributed by atoms with Crippen LogP contribution in [0.25, 0.3) is 0 Å². The van der Waals surface area contributed by atoms with Crippen LogP contribution in [-0.2, 0) is 4.74 Å². The molecule has 0 aliphatic rings. The highest BCUT2D eigenvalue weighted by Crippen LogP contribution is 2.31. The number of anilines is 1. The maximum Gasteiger partial charge on any atom is 0.337 e. The van der Waals surface area contributed by atoms with Crippen molar-refractivity contribution in [2.24, 2.45) is 0 Å². The summed E-state index contributed by atoms with van der Waals surface area (Å²) in [5.41, 5.74) is 1.90. The van der Waals surface area contributed by atoms with Gasteiger partial charge in [0.25, 0.3) is 0 Å². The zero-order chi connectivity index (χ0) is 20.7. The highest BCUT2D eigenvalue weighted by atomic mass is 35.5. The maximum atomic E-state index is 11.7. The van der Waals surface area contributed by atoms with Crippen LogP contribution in [0.5, 0.6) is 11.5 Å². The maximum absolute atomic E-state index is 11.7. The van der Waals surface area contributed by atoms with Gasteiger partial charge in [0, 0.05) is 0 Å². The zero-order valence-corrected chi connectivity index (χ0v) is 17.7. The molecule has 0 amide bonds. The highest BCUT2D eigenvalue weighted by Gasteiger charge is 2.15. The molecule has 1 atom stereocenters. The minimum Gasteiger partial charge on any atom is -0.493 e. The number of halogens is 1. The molecule has 28 heavy (non-hydrogen) atoms. The number of nitrogens with one attached hydrogen (secondary N) is 2. The van der Waals surface area contributed by atoms with E-state index in [-0.39, 0.29) is 6.04 Å². The second-order valence-electron chi connectivity index (χ2n) is 5.86. The molecule has 0 radical (unpaired) electrons. The van der Waals surface area contributed by atoms with Crippen LogP contribution >= 0.6 is 23.8 Å². The standard InChI is InChI=1S/C20H23ClN2O4S/c1-5-15(12-7-9-17(25-2)18(11-12)26-3)22-20(28)23-16-10-13(19(24)27-4)6-8-14(16)21/h6-11,15H,5H2,1-4H3,(H2,22,23,28)/t15-/m1/s1. The van der Waals surface area contributed by atoms with E-state index in [1.54, 1.807) is 32.4 Å². The molecule has 0 aliphatic heterocycles. The molecule has 0 fully saturated rings. The van der Waals surface area contributed by atoms with Gasteiger partial charge in [-0.05, 0) is 54.5 Å². The molecule has 0 aliphatic carbocycles. The third kappa shape index (κ3) is 5.27. The van der Waals surface area contributed by atoms with Gasteiger partial charge in [0.05, 0.1) is 43.6 Å². The Morgan fingerprint density at radius 3 is 2.43 bits per heavy atom. The van der Waals surface area contributed by atoms with E-state index in [2.05, 4.69) is 10.6 Å². The lowest BCUT2D eigenvalue weighted by atomic mass is 10.0. The van der Waals surface area contributed by atoms with Crippen molar-refractivity contribution in [3.63, 3.8) is 0 Å². The fourth-order valence-electron chi connectivity index (χ4n) is 2.67. The molecule has 2 aromatic rings. The molecule has 0 aromatic heterocycles. The van der Waals surface area contributed by atoms with E-state index in [4.69, 9.17) is 38.0 Å². The first kappa shape index (κ1) is 21.8. The minimum atomic E-state index is -0.449. The lowest BCUT2D eigenvalue weighted by Gasteiger charge is -2.21. The summed E-state index contributed by atoms with van der Waals surface area (Å²) in [6.07, 6.45) is 0.785. The fourth-order valence-corrected chi connectivity index (χ4v) is 3.09. The molecule has 2 rings (SSSR count). The monoisotopic (exact) mass is 422 g/mol. The van der Waals surface area contributed by atoms with Crippen molar-refractivity contribution in [2.45, 2.75) is 19.4 Å². The topological polar surface area (TPSA) is 68.8 Å². The molecule has 8 heteroatoms. The average Bonchev–Trinajstić information content (AvgIpc) is 2.72. The Labute approximate surface area is 175 Å². The first-order valence-corrected chi connectivity index (χ1v) is 9.39. The van der Waals surface area contributed by atoms with Crippen molar-refractivity contribution in [1.29, 1.82) is 0 Å². The Balaban J connectivity index is 2.16. The zero-order valence-electron chi connectivity index (χ0n) is 16.2. The van der Waals surface area contributed by atoms with Gasteiger partial charge < -0.3 is 24.8 Å². The minimum absolute atomic E-state index is 0.0534. The number of carbonyl (C=O) groups excluding carboxylic acids is 1. The van der Waals surface area contributed by atoms with Gasteiger partial charge in [0.15, 0.2) is 16.6 Å². The van der Waals surface area contributed by atoms with E-state index in [9.17, 15) is 4.79 Å². The first-order valence-electron chi connectivity index (χ1n) is 8.60. The predicted octanol–water partition coefficient (Wildman–Crippen LogP) is 4.58. The Hall–Kier alpha value is -2.51. The predicted molar refractivity (Wildman–Crippen MR) is 115 cm³/mol. The van der Waals surface area contributed by atoms with Crippen molar-refractivity contribution < 1.29 is 19.0 Å². The van der Waals surface area contributed by atoms with Crippen molar-refractivity contribution in [1.82, 2.24) is 5.32 Å². The summed E-state index contributed by atoms with van der Waals surface area (Å²) in [5, 5.41) is 7.12. The molecule has 150 valence electrons. The Morgan fingerprint density at radius 1 is 1.11 bits per heavy atom. The SMILES string of the molecule is CC[C@@H](NC(=S)Nc1cc(C(=O)OC)ccc1Cl)c1ccc(OC)c(OC)c1. The van der Waals surface area contributed by atoms with Crippen LogP contribution in [0.15, 0.2) is 36.4 Å². The average molecular weight is 423 g/mol. The summed E-state index contributed by atoms with van der Waals surface area (Å²) >= 11 is 11.6. The number of hydrogen-bond acceptors (Lipinski definition) is 5. The molecule has 2 aromatic carbocycles. The second-order valence-corrected chi connectivity index (χ2v) is 6.68. The molecular formula is C20H23ClN2O4S. The Morgan fingerprint density at radius 2 is 1.82 bits per heavy atom. The van der Waals surface area contributed by atoms with Gasteiger partial charge in [-0.2, -0.15) is 0 Å². The number of ether oxygens (including phenoxy) is 3. The third-order valence-electron chi connectivity index (χ3n) is 4.16. The first-order chi connectivity index (χ1) is 13.4. The summed E-state index contributed by atoms with van der Waals surface area (Å²) in [6, 6.07) is 10.5. The highest BCUT2D eigenvalue weighted by molar-refractivity contribution is 7.80. The third-order valence-corrected chi connectivity index (χ3v) is 4.71. The van der Waals surface area contributed by atoms with Gasteiger partial charge in [-0.3, -0.25) is 0 Å². The Bertz CT molecular complexity index is 860. The summed E-state index contributed by atoms with van der Waals surface area (Å²) in [7, 11) is 4.52. The van der Waals surface area contributed by atoms with Crippen LogP contribution in [0, 0.1) is 0 Å². The number of rotatable bonds is 7. The van der Waals surface area contributed by atoms with Gasteiger partial charge in [-0.15, -0.1) is 0 Å². The summed E-state index contributed by atoms with van der Waals surface area (Å²) in [6.45, 7) is 2.04. The number of thiocarbonyl (C=S) groups is 1. The smallest absolute Gasteiger partial charge is 0.337 e. The number of benzene rings is 2. The van der Waals surface area contributed by atoms with Crippen LogP contribution in [0.1, 0.15) is 35.3 Å². The molecular weight excluding hydrogens is 400 g/mol. The number of hydrogen-bond donors (Lipinski definition) is 2. The molecule has 0 spiro atoms. The van der Waals surface area contributed by atoms with Gasteiger partial charge in [0.2, 0.25) is 0 Å². The van der Waals surface area contributed by atoms with Crippen LogP contribution in [0.2, 0.25) is 5.02 Å². The van der Waals surface area contributed by atoms with E-state index < -0.39 is 5.97 Å². The summed E-state index contributed by atoms with van der Waals surface area (Å²) < 4.78 is 15.4.